The summed E-state index contributed by atoms with van der Waals surface area (Å²) in [6.45, 7) is 0.563. The van der Waals surface area contributed by atoms with Crippen molar-refractivity contribution in [1.82, 2.24) is 4.98 Å². The Bertz CT molecular complexity index is 636. The van der Waals surface area contributed by atoms with Gasteiger partial charge in [0.1, 0.15) is 5.82 Å². The zero-order valence-corrected chi connectivity index (χ0v) is 13.7. The van der Waals surface area contributed by atoms with Gasteiger partial charge in [-0.3, -0.25) is 0 Å². The molecule has 23 heavy (non-hydrogen) atoms. The highest BCUT2D eigenvalue weighted by Gasteiger charge is 2.28. The summed E-state index contributed by atoms with van der Waals surface area (Å²) in [6.07, 6.45) is 5.01. The summed E-state index contributed by atoms with van der Waals surface area (Å²) >= 11 is 6.23. The molecule has 3 rings (SSSR count). The van der Waals surface area contributed by atoms with E-state index in [2.05, 4.69) is 22.4 Å². The van der Waals surface area contributed by atoms with Crippen LogP contribution in [0.3, 0.4) is 0 Å². The molecule has 1 aliphatic carbocycles. The number of hydrogen-bond acceptors (Lipinski definition) is 4. The molecule has 122 valence electrons. The lowest BCUT2D eigenvalue weighted by molar-refractivity contribution is 0.0394. The molecule has 1 saturated carbocycles. The zero-order chi connectivity index (χ0) is 16.1. The number of rotatable bonds is 6. The van der Waals surface area contributed by atoms with Crippen molar-refractivity contribution >= 4 is 17.4 Å². The second-order valence-corrected chi connectivity index (χ2v) is 6.26. The normalized spacial score (nSPS) is 20.6. The van der Waals surface area contributed by atoms with Crippen LogP contribution in [0.1, 0.15) is 30.4 Å². The molecule has 2 N–H and O–H groups in total. The molecular weight excluding hydrogens is 312 g/mol. The first kappa shape index (κ1) is 16.2. The van der Waals surface area contributed by atoms with Gasteiger partial charge in [-0.25, -0.2) is 4.98 Å². The number of nitrogens with zero attached hydrogens (tertiary/aromatic N) is 1. The maximum Gasteiger partial charge on any atom is 0.145 e. The highest BCUT2D eigenvalue weighted by Crippen LogP contribution is 2.28. The number of ether oxygens (including phenoxy) is 1. The van der Waals surface area contributed by atoms with E-state index in [0.29, 0.717) is 23.0 Å². The number of hydrogen-bond donors (Lipinski definition) is 2. The summed E-state index contributed by atoms with van der Waals surface area (Å²) in [5.41, 5.74) is 1.89. The number of nitrogens with one attached hydrogen (secondary N) is 1. The molecule has 1 aliphatic rings. The van der Waals surface area contributed by atoms with Crippen LogP contribution in [-0.4, -0.2) is 22.2 Å². The smallest absolute Gasteiger partial charge is 0.145 e. The van der Waals surface area contributed by atoms with Crippen LogP contribution in [0.4, 0.5) is 5.82 Å². The van der Waals surface area contributed by atoms with E-state index in [9.17, 15) is 0 Å². The molecule has 1 aromatic carbocycles. The van der Waals surface area contributed by atoms with E-state index in [1.807, 2.05) is 18.2 Å². The highest BCUT2D eigenvalue weighted by molar-refractivity contribution is 6.32. The van der Waals surface area contributed by atoms with E-state index in [4.69, 9.17) is 21.4 Å². The van der Waals surface area contributed by atoms with Gasteiger partial charge in [-0.1, -0.05) is 41.9 Å². The predicted octanol–water partition coefficient (Wildman–Crippen LogP) is 3.78. The van der Waals surface area contributed by atoms with Crippen LogP contribution >= 0.6 is 11.6 Å². The van der Waals surface area contributed by atoms with Crippen LogP contribution in [0.5, 0.6) is 0 Å². The molecule has 0 bridgehead atoms. The summed E-state index contributed by atoms with van der Waals surface area (Å²) in [4.78, 5) is 4.31. The summed E-state index contributed by atoms with van der Waals surface area (Å²) in [5.74, 6) is 0.657. The van der Waals surface area contributed by atoms with Gasteiger partial charge >= 0.3 is 0 Å². The van der Waals surface area contributed by atoms with Gasteiger partial charge in [0.2, 0.25) is 0 Å². The van der Waals surface area contributed by atoms with Crippen LogP contribution in [0.15, 0.2) is 42.6 Å². The van der Waals surface area contributed by atoms with Gasteiger partial charge in [-0.05, 0) is 36.5 Å². The van der Waals surface area contributed by atoms with E-state index in [0.717, 1.165) is 19.3 Å². The minimum atomic E-state index is -0.0563. The lowest BCUT2D eigenvalue weighted by Crippen LogP contribution is -2.31. The number of aromatic nitrogens is 1. The van der Waals surface area contributed by atoms with Crippen molar-refractivity contribution in [2.45, 2.75) is 44.6 Å². The maximum atomic E-state index is 9.12. The molecular formula is C18H21ClN2O2. The topological polar surface area (TPSA) is 54.4 Å². The Hall–Kier alpha value is -1.62. The first-order chi connectivity index (χ1) is 11.3. The highest BCUT2D eigenvalue weighted by atomic mass is 35.5. The standard InChI is InChI=1S/C18H21ClN2O2/c19-15-9-14(11-22)10-20-18(15)21-16-7-4-8-17(16)23-12-13-5-2-1-3-6-13/h1-3,5-6,9-10,16-17,22H,4,7-8,11-12H2,(H,20,21)/t16-,17-/m1/s1. The van der Waals surface area contributed by atoms with Crippen molar-refractivity contribution in [2.75, 3.05) is 5.32 Å². The van der Waals surface area contributed by atoms with Crippen molar-refractivity contribution in [3.8, 4) is 0 Å². The van der Waals surface area contributed by atoms with Crippen molar-refractivity contribution in [3.05, 3.63) is 58.7 Å². The van der Waals surface area contributed by atoms with Crippen molar-refractivity contribution < 1.29 is 9.84 Å². The Kier molecular flexibility index (Phi) is 5.49. The van der Waals surface area contributed by atoms with E-state index in [1.54, 1.807) is 12.3 Å². The minimum absolute atomic E-state index is 0.0563. The maximum absolute atomic E-state index is 9.12. The number of anilines is 1. The van der Waals surface area contributed by atoms with E-state index in [-0.39, 0.29) is 18.8 Å². The monoisotopic (exact) mass is 332 g/mol. The Morgan fingerprint density at radius 1 is 1.22 bits per heavy atom. The summed E-state index contributed by atoms with van der Waals surface area (Å²) in [7, 11) is 0. The molecule has 1 fully saturated rings. The van der Waals surface area contributed by atoms with E-state index < -0.39 is 0 Å². The van der Waals surface area contributed by atoms with E-state index >= 15 is 0 Å². The van der Waals surface area contributed by atoms with Gasteiger partial charge < -0.3 is 15.2 Å². The quantitative estimate of drug-likeness (QED) is 0.845. The molecule has 0 amide bonds. The molecule has 0 unspecified atom stereocenters. The largest absolute Gasteiger partial charge is 0.392 e. The lowest BCUT2D eigenvalue weighted by atomic mass is 10.2. The lowest BCUT2D eigenvalue weighted by Gasteiger charge is -2.22. The molecule has 4 nitrogen and oxygen atoms in total. The number of aliphatic hydroxyl groups excluding tert-OH is 1. The first-order valence-corrected chi connectivity index (χ1v) is 8.31. The zero-order valence-electron chi connectivity index (χ0n) is 12.9. The van der Waals surface area contributed by atoms with Crippen molar-refractivity contribution in [1.29, 1.82) is 0 Å². The fraction of sp³-hybridized carbons (Fsp3) is 0.389. The second kappa shape index (κ2) is 7.77. The van der Waals surface area contributed by atoms with Gasteiger partial charge in [0.25, 0.3) is 0 Å². The number of benzene rings is 1. The summed E-state index contributed by atoms with van der Waals surface area (Å²) in [5, 5.41) is 13.0. The molecule has 0 aliphatic heterocycles. The fourth-order valence-corrected chi connectivity index (χ4v) is 3.16. The van der Waals surface area contributed by atoms with Crippen LogP contribution in [0.2, 0.25) is 5.02 Å². The van der Waals surface area contributed by atoms with E-state index in [1.165, 1.54) is 5.56 Å². The van der Waals surface area contributed by atoms with Crippen molar-refractivity contribution in [2.24, 2.45) is 0 Å². The first-order valence-electron chi connectivity index (χ1n) is 7.93. The third-order valence-corrected chi connectivity index (χ3v) is 4.45. The fourth-order valence-electron chi connectivity index (χ4n) is 2.91. The third-order valence-electron chi connectivity index (χ3n) is 4.16. The Balaban J connectivity index is 1.60. The molecule has 2 atom stereocenters. The van der Waals surface area contributed by atoms with Crippen LogP contribution in [0, 0.1) is 0 Å². The predicted molar refractivity (Wildman–Crippen MR) is 91.5 cm³/mol. The van der Waals surface area contributed by atoms with Gasteiger partial charge in [-0.15, -0.1) is 0 Å². The Labute approximate surface area is 141 Å². The summed E-state index contributed by atoms with van der Waals surface area (Å²) in [6, 6.07) is 12.2. The molecule has 0 spiro atoms. The molecule has 1 heterocycles. The van der Waals surface area contributed by atoms with Crippen LogP contribution in [0.25, 0.3) is 0 Å². The molecule has 0 radical (unpaired) electrons. The molecule has 1 aromatic heterocycles. The van der Waals surface area contributed by atoms with Gasteiger partial charge in [-0.2, -0.15) is 0 Å². The number of aliphatic hydroxyl groups is 1. The van der Waals surface area contributed by atoms with Crippen LogP contribution in [-0.2, 0) is 18.0 Å². The Morgan fingerprint density at radius 3 is 2.78 bits per heavy atom. The SMILES string of the molecule is OCc1cnc(N[C@@H]2CCC[C@H]2OCc2ccccc2)c(Cl)c1. The summed E-state index contributed by atoms with van der Waals surface area (Å²) < 4.78 is 6.09. The van der Waals surface area contributed by atoms with Crippen LogP contribution < -0.4 is 5.32 Å². The van der Waals surface area contributed by atoms with Gasteiger partial charge in [0.15, 0.2) is 0 Å². The minimum Gasteiger partial charge on any atom is -0.392 e. The second-order valence-electron chi connectivity index (χ2n) is 5.85. The third kappa shape index (κ3) is 4.22. The van der Waals surface area contributed by atoms with Crippen molar-refractivity contribution in [3.63, 3.8) is 0 Å². The Morgan fingerprint density at radius 2 is 2.04 bits per heavy atom. The van der Waals surface area contributed by atoms with Gasteiger partial charge in [0, 0.05) is 6.20 Å². The molecule has 0 saturated heterocycles. The number of halogens is 1. The molecule has 2 aromatic rings. The average Bonchev–Trinajstić information content (AvgIpc) is 3.03. The van der Waals surface area contributed by atoms with Gasteiger partial charge in [0.05, 0.1) is 30.4 Å². The number of pyridine rings is 1. The average molecular weight is 333 g/mol. The molecule has 5 heteroatoms.